The minimum absolute atomic E-state index is 0.420. The summed E-state index contributed by atoms with van der Waals surface area (Å²) in [5.74, 6) is -1.04. The zero-order valence-corrected chi connectivity index (χ0v) is 10.7. The summed E-state index contributed by atoms with van der Waals surface area (Å²) >= 11 is 4.49. The largest absolute Gasteiger partial charge is 0.394 e. The minimum atomic E-state index is -2.99. The molecule has 0 aliphatic carbocycles. The molecule has 1 fully saturated rings. The summed E-state index contributed by atoms with van der Waals surface area (Å²) in [6, 6.07) is 0. The van der Waals surface area contributed by atoms with Gasteiger partial charge >= 0.3 is 5.69 Å². The number of rotatable bonds is 3. The van der Waals surface area contributed by atoms with Gasteiger partial charge in [0, 0.05) is 0 Å². The van der Waals surface area contributed by atoms with E-state index >= 15 is 0 Å². The lowest BCUT2D eigenvalue weighted by atomic mass is 9.97. The van der Waals surface area contributed by atoms with Crippen LogP contribution < -0.4 is 5.69 Å². The van der Waals surface area contributed by atoms with Crippen molar-refractivity contribution < 1.29 is 28.1 Å². The van der Waals surface area contributed by atoms with E-state index in [9.17, 15) is 23.1 Å². The summed E-state index contributed by atoms with van der Waals surface area (Å²) in [5, 5.41) is 18.6. The first kappa shape index (κ1) is 15.2. The summed E-state index contributed by atoms with van der Waals surface area (Å²) in [4.78, 5) is 13.6. The first-order valence-electron chi connectivity index (χ1n) is 5.55. The van der Waals surface area contributed by atoms with Crippen molar-refractivity contribution in [1.29, 1.82) is 0 Å². The molecule has 0 saturated carbocycles. The molecule has 4 atom stereocenters. The van der Waals surface area contributed by atoms with Gasteiger partial charge in [0.2, 0.25) is 5.67 Å². The highest BCUT2D eigenvalue weighted by molar-refractivity contribution is 7.71. The lowest BCUT2D eigenvalue weighted by Gasteiger charge is -2.26. The van der Waals surface area contributed by atoms with Crippen molar-refractivity contribution in [2.45, 2.75) is 24.1 Å². The normalized spacial score (nSPS) is 33.5. The van der Waals surface area contributed by atoms with E-state index in [2.05, 4.69) is 12.2 Å². The van der Waals surface area contributed by atoms with Crippen LogP contribution in [-0.2, 0) is 4.74 Å². The summed E-state index contributed by atoms with van der Waals surface area (Å²) < 4.78 is 45.6. The van der Waals surface area contributed by atoms with Crippen LogP contribution in [0.5, 0.6) is 0 Å². The number of halogens is 3. The Morgan fingerprint density at radius 1 is 1.60 bits per heavy atom. The molecule has 2 rings (SSSR count). The molecule has 3 N–H and O–H groups in total. The van der Waals surface area contributed by atoms with Crippen LogP contribution in [0.25, 0.3) is 0 Å². The highest BCUT2D eigenvalue weighted by Gasteiger charge is 2.58. The van der Waals surface area contributed by atoms with Crippen LogP contribution in [0.3, 0.4) is 0 Å². The van der Waals surface area contributed by atoms with Crippen LogP contribution in [0, 0.1) is 10.5 Å². The van der Waals surface area contributed by atoms with Gasteiger partial charge in [-0.1, -0.05) is 12.2 Å². The number of aliphatic hydroxyl groups is 2. The van der Waals surface area contributed by atoms with Gasteiger partial charge in [-0.3, -0.25) is 9.55 Å². The second kappa shape index (κ2) is 5.28. The number of hydrogen-bond donors (Lipinski definition) is 3. The third-order valence-electron chi connectivity index (χ3n) is 3.12. The maximum Gasteiger partial charge on any atom is 0.328 e. The number of aliphatic hydroxyl groups excluding tert-OH is 2. The Balaban J connectivity index is 2.54. The van der Waals surface area contributed by atoms with E-state index in [1.54, 1.807) is 0 Å². The first-order chi connectivity index (χ1) is 9.35. The molecule has 112 valence electrons. The maximum absolute atomic E-state index is 14.5. The molecule has 1 aromatic rings. The number of nitrogens with one attached hydrogen (secondary N) is 1. The smallest absolute Gasteiger partial charge is 0.328 e. The van der Waals surface area contributed by atoms with Crippen molar-refractivity contribution >= 4 is 12.2 Å². The van der Waals surface area contributed by atoms with Crippen LogP contribution in [0.1, 0.15) is 6.23 Å². The molecule has 1 aromatic heterocycles. The van der Waals surface area contributed by atoms with Gasteiger partial charge in [0.15, 0.2) is 12.0 Å². The van der Waals surface area contributed by atoms with Crippen LogP contribution in [0.2, 0.25) is 0 Å². The summed E-state index contributed by atoms with van der Waals surface area (Å²) in [7, 11) is 0. The molecule has 0 radical (unpaired) electrons. The number of hydrogen-bond acceptors (Lipinski definition) is 5. The standard InChI is InChI=1S/C10H11F3N2O4S/c11-3-10(13)6(17)5(2-16)19-8(10)15-1-4(12)7(20)14-9(15)18/h1,5-6,8,16-17H,2-3H2,(H,14,18,20)/t5-,6+,8-,10?/m1/s1. The Hall–Kier alpha value is -1.23. The molecule has 1 saturated heterocycles. The number of ether oxygens (including phenoxy) is 1. The van der Waals surface area contributed by atoms with Gasteiger partial charge in [-0.25, -0.2) is 18.0 Å². The fraction of sp³-hybridized carbons (Fsp3) is 0.600. The first-order valence-corrected chi connectivity index (χ1v) is 5.96. The summed E-state index contributed by atoms with van der Waals surface area (Å²) in [6.45, 7) is -2.47. The van der Waals surface area contributed by atoms with E-state index in [-0.39, 0.29) is 0 Å². The Morgan fingerprint density at radius 3 is 2.80 bits per heavy atom. The minimum Gasteiger partial charge on any atom is -0.394 e. The molecule has 6 nitrogen and oxygen atoms in total. The van der Waals surface area contributed by atoms with Gasteiger partial charge in [0.1, 0.15) is 23.5 Å². The fourth-order valence-corrected chi connectivity index (χ4v) is 2.17. The van der Waals surface area contributed by atoms with Crippen molar-refractivity contribution in [3.63, 3.8) is 0 Å². The molecule has 1 unspecified atom stereocenters. The molecule has 20 heavy (non-hydrogen) atoms. The number of aromatic nitrogens is 2. The Kier molecular flexibility index (Phi) is 4.00. The lowest BCUT2D eigenvalue weighted by Crippen LogP contribution is -2.47. The van der Waals surface area contributed by atoms with E-state index in [1.165, 1.54) is 0 Å². The molecule has 0 bridgehead atoms. The van der Waals surface area contributed by atoms with Gasteiger partial charge in [-0.15, -0.1) is 0 Å². The molecule has 0 aromatic carbocycles. The third kappa shape index (κ3) is 2.18. The van der Waals surface area contributed by atoms with Gasteiger partial charge in [0.05, 0.1) is 12.8 Å². The number of alkyl halides is 2. The SMILES string of the molecule is O=c1[nH]c(=S)c(F)cn1[C@@H]1O[C@H](CO)[C@H](O)C1(F)CF. The second-order valence-corrected chi connectivity index (χ2v) is 4.77. The topological polar surface area (TPSA) is 87.5 Å². The molecule has 1 aliphatic rings. The van der Waals surface area contributed by atoms with E-state index in [1.807, 2.05) is 4.98 Å². The van der Waals surface area contributed by atoms with Gasteiger partial charge in [-0.2, -0.15) is 0 Å². The van der Waals surface area contributed by atoms with Crippen molar-refractivity contribution in [1.82, 2.24) is 9.55 Å². The lowest BCUT2D eigenvalue weighted by molar-refractivity contribution is -0.0739. The van der Waals surface area contributed by atoms with Crippen LogP contribution >= 0.6 is 12.2 Å². The van der Waals surface area contributed by atoms with Crippen molar-refractivity contribution in [2.24, 2.45) is 0 Å². The van der Waals surface area contributed by atoms with Crippen LogP contribution in [0.4, 0.5) is 13.2 Å². The Morgan fingerprint density at radius 2 is 2.25 bits per heavy atom. The Bertz CT molecular complexity index is 621. The molecular formula is C10H11F3N2O4S. The van der Waals surface area contributed by atoms with Gasteiger partial charge < -0.3 is 14.9 Å². The van der Waals surface area contributed by atoms with Crippen molar-refractivity contribution in [3.05, 3.63) is 27.1 Å². The zero-order chi connectivity index (χ0) is 15.1. The molecule has 0 amide bonds. The fourth-order valence-electron chi connectivity index (χ4n) is 2.03. The molecular weight excluding hydrogens is 301 g/mol. The Labute approximate surface area is 115 Å². The maximum atomic E-state index is 14.5. The van der Waals surface area contributed by atoms with Crippen LogP contribution in [-0.4, -0.2) is 50.9 Å². The molecule has 0 spiro atoms. The van der Waals surface area contributed by atoms with E-state index < -0.39 is 53.5 Å². The average Bonchev–Trinajstić information content (AvgIpc) is 2.67. The predicted molar refractivity (Wildman–Crippen MR) is 62.7 cm³/mol. The van der Waals surface area contributed by atoms with E-state index in [0.29, 0.717) is 10.8 Å². The molecule has 1 aliphatic heterocycles. The monoisotopic (exact) mass is 312 g/mol. The van der Waals surface area contributed by atoms with Crippen molar-refractivity contribution in [2.75, 3.05) is 13.3 Å². The molecule has 2 heterocycles. The molecule has 10 heteroatoms. The average molecular weight is 312 g/mol. The highest BCUT2D eigenvalue weighted by atomic mass is 32.1. The number of H-pyrrole nitrogens is 1. The number of nitrogens with zero attached hydrogens (tertiary/aromatic N) is 1. The van der Waals surface area contributed by atoms with Crippen LogP contribution in [0.15, 0.2) is 11.0 Å². The summed E-state index contributed by atoms with van der Waals surface area (Å²) in [5.41, 5.74) is -4.01. The third-order valence-corrected chi connectivity index (χ3v) is 3.42. The quantitative estimate of drug-likeness (QED) is 0.683. The van der Waals surface area contributed by atoms with E-state index in [4.69, 9.17) is 9.84 Å². The van der Waals surface area contributed by atoms with Gasteiger partial charge in [-0.05, 0) is 0 Å². The van der Waals surface area contributed by atoms with Crippen molar-refractivity contribution in [3.8, 4) is 0 Å². The van der Waals surface area contributed by atoms with Gasteiger partial charge in [0.25, 0.3) is 0 Å². The highest BCUT2D eigenvalue weighted by Crippen LogP contribution is 2.41. The number of aromatic amines is 1. The van der Waals surface area contributed by atoms with E-state index in [0.717, 1.165) is 0 Å². The predicted octanol–water partition coefficient (Wildman–Crippen LogP) is -0.0266. The second-order valence-electron chi connectivity index (χ2n) is 4.36. The zero-order valence-electron chi connectivity index (χ0n) is 9.92. The summed E-state index contributed by atoms with van der Waals surface area (Å²) in [6.07, 6.45) is -4.80.